The van der Waals surface area contributed by atoms with Crippen LogP contribution in [-0.4, -0.2) is 34.2 Å². The van der Waals surface area contributed by atoms with Gasteiger partial charge in [0.2, 0.25) is 0 Å². The van der Waals surface area contributed by atoms with Gasteiger partial charge >= 0.3 is 0 Å². The minimum absolute atomic E-state index is 0.906. The van der Waals surface area contributed by atoms with Gasteiger partial charge in [0.25, 0.3) is 0 Å². The van der Waals surface area contributed by atoms with E-state index < -0.39 is 0 Å². The Morgan fingerprint density at radius 3 is 1.87 bits per heavy atom. The third-order valence-electron chi connectivity index (χ3n) is 3.48. The van der Waals surface area contributed by atoms with Gasteiger partial charge in [0, 0.05) is 29.3 Å². The van der Waals surface area contributed by atoms with E-state index in [1.54, 1.807) is 0 Å². The summed E-state index contributed by atoms with van der Waals surface area (Å²) >= 11 is 4.27. The van der Waals surface area contributed by atoms with E-state index in [1.165, 1.54) is 68.2 Å². The van der Waals surface area contributed by atoms with Gasteiger partial charge in [-0.25, -0.2) is 0 Å². The zero-order valence-corrected chi connectivity index (χ0v) is 11.3. The van der Waals surface area contributed by atoms with Crippen LogP contribution in [0.25, 0.3) is 0 Å². The van der Waals surface area contributed by atoms with Crippen LogP contribution >= 0.6 is 23.5 Å². The smallest absolute Gasteiger partial charge is 0.0455 e. The highest BCUT2D eigenvalue weighted by atomic mass is 32.2. The summed E-state index contributed by atoms with van der Waals surface area (Å²) in [4.78, 5) is 2.74. The first kappa shape index (κ1) is 12.1. The lowest BCUT2D eigenvalue weighted by Crippen LogP contribution is -2.34. The molecule has 0 atom stereocenters. The van der Waals surface area contributed by atoms with Crippen molar-refractivity contribution in [1.29, 1.82) is 0 Å². The molecule has 1 saturated heterocycles. The molecule has 2 aliphatic rings. The fourth-order valence-electron chi connectivity index (χ4n) is 2.53. The molecular weight excluding hydrogens is 222 g/mol. The highest BCUT2D eigenvalue weighted by Crippen LogP contribution is 2.26. The molecule has 88 valence electrons. The van der Waals surface area contributed by atoms with Gasteiger partial charge in [-0.15, -0.1) is 23.5 Å². The van der Waals surface area contributed by atoms with Crippen LogP contribution in [-0.2, 0) is 0 Å². The minimum atomic E-state index is 0.906. The second kappa shape index (κ2) is 7.08. The predicted molar refractivity (Wildman–Crippen MR) is 72.6 cm³/mol. The van der Waals surface area contributed by atoms with Gasteiger partial charge in [-0.05, 0) is 12.8 Å². The molecule has 0 aromatic carbocycles. The molecule has 0 aromatic rings. The quantitative estimate of drug-likeness (QED) is 0.692. The van der Waals surface area contributed by atoms with Gasteiger partial charge in [-0.3, -0.25) is 4.90 Å². The zero-order valence-electron chi connectivity index (χ0n) is 9.62. The summed E-state index contributed by atoms with van der Waals surface area (Å²) < 4.78 is 0. The van der Waals surface area contributed by atoms with Crippen LogP contribution in [0.4, 0.5) is 0 Å². The second-order valence-electron chi connectivity index (χ2n) is 4.66. The maximum Gasteiger partial charge on any atom is 0.0455 e. The molecule has 0 bridgehead atoms. The highest BCUT2D eigenvalue weighted by Gasteiger charge is 2.20. The highest BCUT2D eigenvalue weighted by molar-refractivity contribution is 8.03. The Balaban J connectivity index is 1.82. The van der Waals surface area contributed by atoms with Gasteiger partial charge in [-0.2, -0.15) is 0 Å². The van der Waals surface area contributed by atoms with E-state index in [0.717, 1.165) is 6.04 Å². The average Bonchev–Trinajstić information content (AvgIpc) is 2.45. The molecule has 0 aromatic heterocycles. The maximum absolute atomic E-state index is 2.74. The van der Waals surface area contributed by atoms with Crippen LogP contribution in [0.2, 0.25) is 0 Å². The summed E-state index contributed by atoms with van der Waals surface area (Å²) in [6.07, 6.45) is 10.3. The normalized spacial score (nSPS) is 28.0. The van der Waals surface area contributed by atoms with E-state index >= 15 is 0 Å². The summed E-state index contributed by atoms with van der Waals surface area (Å²) in [5.74, 6) is 5.29. The molecule has 1 nitrogen and oxygen atoms in total. The zero-order chi connectivity index (χ0) is 10.3. The summed E-state index contributed by atoms with van der Waals surface area (Å²) in [6, 6.07) is 0.906. The molecule has 1 saturated carbocycles. The monoisotopic (exact) mass is 245 g/mol. The Hall–Kier alpha value is 0.660. The topological polar surface area (TPSA) is 3.24 Å². The number of thioether (sulfide) groups is 2. The first-order valence-corrected chi connectivity index (χ1v) is 8.67. The molecule has 3 heteroatoms. The molecule has 0 unspecified atom stereocenters. The van der Waals surface area contributed by atoms with Crippen molar-refractivity contribution in [3.63, 3.8) is 0 Å². The SMILES string of the molecule is C1CCCC(N2CSCCSC2)CCC1. The van der Waals surface area contributed by atoms with Crippen molar-refractivity contribution in [2.75, 3.05) is 23.3 Å². The van der Waals surface area contributed by atoms with Crippen LogP contribution in [0.3, 0.4) is 0 Å². The molecule has 2 fully saturated rings. The van der Waals surface area contributed by atoms with Crippen molar-refractivity contribution in [2.45, 2.75) is 51.0 Å². The lowest BCUT2D eigenvalue weighted by Gasteiger charge is -2.31. The fourth-order valence-corrected chi connectivity index (χ4v) is 4.92. The van der Waals surface area contributed by atoms with Crippen LogP contribution in [0, 0.1) is 0 Å². The molecule has 0 spiro atoms. The lowest BCUT2D eigenvalue weighted by molar-refractivity contribution is 0.225. The van der Waals surface area contributed by atoms with Crippen molar-refractivity contribution in [2.24, 2.45) is 0 Å². The van der Waals surface area contributed by atoms with Crippen molar-refractivity contribution >= 4 is 23.5 Å². The third-order valence-corrected chi connectivity index (χ3v) is 5.75. The first-order chi connectivity index (χ1) is 7.47. The van der Waals surface area contributed by atoms with E-state index in [4.69, 9.17) is 0 Å². The van der Waals surface area contributed by atoms with E-state index in [2.05, 4.69) is 28.4 Å². The van der Waals surface area contributed by atoms with Gasteiger partial charge in [0.05, 0.1) is 0 Å². The van der Waals surface area contributed by atoms with Gasteiger partial charge in [-0.1, -0.05) is 32.1 Å². The lowest BCUT2D eigenvalue weighted by atomic mass is 9.96. The second-order valence-corrected chi connectivity index (χ2v) is 6.81. The van der Waals surface area contributed by atoms with Crippen LogP contribution < -0.4 is 0 Å². The molecular formula is C12H23NS2. The molecule has 2 rings (SSSR count). The third kappa shape index (κ3) is 4.20. The van der Waals surface area contributed by atoms with Gasteiger partial charge in [0.1, 0.15) is 0 Å². The Kier molecular flexibility index (Phi) is 5.72. The molecule has 0 N–H and O–H groups in total. The molecule has 1 aliphatic heterocycles. The summed E-state index contributed by atoms with van der Waals surface area (Å²) in [5.41, 5.74) is 0. The van der Waals surface area contributed by atoms with Crippen molar-refractivity contribution < 1.29 is 0 Å². The number of nitrogens with zero attached hydrogens (tertiary/aromatic N) is 1. The first-order valence-electron chi connectivity index (χ1n) is 6.36. The van der Waals surface area contributed by atoms with Crippen LogP contribution in [0.15, 0.2) is 0 Å². The number of rotatable bonds is 1. The Morgan fingerprint density at radius 2 is 1.27 bits per heavy atom. The van der Waals surface area contributed by atoms with E-state index in [9.17, 15) is 0 Å². The van der Waals surface area contributed by atoms with Crippen LogP contribution in [0.5, 0.6) is 0 Å². The average molecular weight is 245 g/mol. The van der Waals surface area contributed by atoms with Gasteiger partial charge < -0.3 is 0 Å². The Labute approximate surface area is 103 Å². The summed E-state index contributed by atoms with van der Waals surface area (Å²) in [7, 11) is 0. The van der Waals surface area contributed by atoms with Crippen molar-refractivity contribution in [3.05, 3.63) is 0 Å². The van der Waals surface area contributed by atoms with Crippen molar-refractivity contribution in [1.82, 2.24) is 4.90 Å². The number of hydrogen-bond acceptors (Lipinski definition) is 3. The summed E-state index contributed by atoms with van der Waals surface area (Å²) in [5, 5.41) is 0. The molecule has 1 aliphatic carbocycles. The Morgan fingerprint density at radius 1 is 0.733 bits per heavy atom. The summed E-state index contributed by atoms with van der Waals surface area (Å²) in [6.45, 7) is 0. The molecule has 0 radical (unpaired) electrons. The molecule has 0 amide bonds. The molecule has 1 heterocycles. The Bertz CT molecular complexity index is 159. The molecule has 15 heavy (non-hydrogen) atoms. The minimum Gasteiger partial charge on any atom is -0.282 e. The van der Waals surface area contributed by atoms with Gasteiger partial charge in [0.15, 0.2) is 0 Å². The fraction of sp³-hybridized carbons (Fsp3) is 1.00. The van der Waals surface area contributed by atoms with Crippen molar-refractivity contribution in [3.8, 4) is 0 Å². The van der Waals surface area contributed by atoms with E-state index in [-0.39, 0.29) is 0 Å². The predicted octanol–water partition coefficient (Wildman–Crippen LogP) is 3.80. The maximum atomic E-state index is 2.74. The largest absolute Gasteiger partial charge is 0.282 e. The number of hydrogen-bond donors (Lipinski definition) is 0. The van der Waals surface area contributed by atoms with E-state index in [1.807, 2.05) is 0 Å². The standard InChI is InChI=1S/C12H23NS2/c1-2-4-6-12(7-5-3-1)13-10-14-8-9-15-11-13/h12H,1-11H2. The van der Waals surface area contributed by atoms with E-state index in [0.29, 0.717) is 0 Å². The van der Waals surface area contributed by atoms with Crippen LogP contribution in [0.1, 0.15) is 44.9 Å².